The molecule has 0 saturated heterocycles. The van der Waals surface area contributed by atoms with E-state index in [1.165, 1.54) is 18.2 Å². The molecule has 1 heterocycles. The van der Waals surface area contributed by atoms with E-state index >= 15 is 0 Å². The van der Waals surface area contributed by atoms with Gasteiger partial charge in [0.05, 0.1) is 17.1 Å². The average Bonchev–Trinajstić information content (AvgIpc) is 3.57. The van der Waals surface area contributed by atoms with Crippen LogP contribution in [0.25, 0.3) is 22.0 Å². The number of hydrogen-bond donors (Lipinski definition) is 0. The van der Waals surface area contributed by atoms with Crippen LogP contribution in [0.2, 0.25) is 5.02 Å². The van der Waals surface area contributed by atoms with Crippen molar-refractivity contribution in [3.63, 3.8) is 0 Å². The molecule has 1 amide bonds. The van der Waals surface area contributed by atoms with Crippen LogP contribution in [0.1, 0.15) is 32.3 Å². The average molecular weight is 475 g/mol. The Hall–Kier alpha value is -2.93. The fraction of sp³-hybridized carbons (Fsp3) is 0.360. The Morgan fingerprint density at radius 3 is 2.58 bits per heavy atom. The number of aromatic nitrogens is 1. The lowest BCUT2D eigenvalue weighted by molar-refractivity contribution is -0.143. The maximum atomic E-state index is 14.4. The first-order chi connectivity index (χ1) is 15.8. The molecule has 0 radical (unpaired) electrons. The molecule has 5 nitrogen and oxygen atoms in total. The summed E-state index contributed by atoms with van der Waals surface area (Å²) in [5, 5.41) is 0.340. The molecule has 0 aliphatic heterocycles. The quantitative estimate of drug-likeness (QED) is 0.401. The van der Waals surface area contributed by atoms with Gasteiger partial charge >= 0.3 is 5.97 Å². The number of carbonyl (C=O) groups excluding carboxylic acids is 2. The van der Waals surface area contributed by atoms with Gasteiger partial charge in [0.2, 0.25) is 5.91 Å². The van der Waals surface area contributed by atoms with Crippen LogP contribution < -0.4 is 0 Å². The van der Waals surface area contributed by atoms with Crippen LogP contribution in [0.15, 0.2) is 36.5 Å². The molecule has 1 aromatic heterocycles. The number of fused-ring (bicyclic) bond motifs is 1. The highest BCUT2D eigenvalue weighted by molar-refractivity contribution is 6.36. The van der Waals surface area contributed by atoms with E-state index in [1.807, 2.05) is 6.92 Å². The van der Waals surface area contributed by atoms with Crippen LogP contribution in [-0.4, -0.2) is 34.5 Å². The van der Waals surface area contributed by atoms with Crippen molar-refractivity contribution in [2.24, 2.45) is 5.92 Å². The number of carbonyl (C=O) groups is 2. The molecule has 2 aromatic carbocycles. The minimum Gasteiger partial charge on any atom is -0.465 e. The van der Waals surface area contributed by atoms with Crippen molar-refractivity contribution in [2.45, 2.75) is 39.8 Å². The third kappa shape index (κ3) is 4.74. The third-order valence-corrected chi connectivity index (χ3v) is 6.25. The first-order valence-electron chi connectivity index (χ1n) is 11.0. The van der Waals surface area contributed by atoms with Crippen LogP contribution >= 0.6 is 11.6 Å². The Morgan fingerprint density at radius 2 is 1.91 bits per heavy atom. The van der Waals surface area contributed by atoms with Gasteiger partial charge in [-0.2, -0.15) is 0 Å². The van der Waals surface area contributed by atoms with E-state index in [4.69, 9.17) is 16.3 Å². The normalized spacial score (nSPS) is 13.4. The van der Waals surface area contributed by atoms with Crippen LogP contribution in [0.3, 0.4) is 0 Å². The molecule has 1 aliphatic rings. The Bertz CT molecular complexity index is 1220. The second-order valence-corrected chi connectivity index (χ2v) is 8.54. The number of halogens is 3. The zero-order valence-corrected chi connectivity index (χ0v) is 19.3. The molecule has 0 N–H and O–H groups in total. The molecule has 174 valence electrons. The minimum atomic E-state index is -0.595. The van der Waals surface area contributed by atoms with Crippen molar-refractivity contribution in [1.82, 2.24) is 9.47 Å². The fourth-order valence-electron chi connectivity index (χ4n) is 4.10. The lowest BCUT2D eigenvalue weighted by Crippen LogP contribution is -2.31. The lowest BCUT2D eigenvalue weighted by Gasteiger charge is -2.22. The highest BCUT2D eigenvalue weighted by atomic mass is 35.5. The summed E-state index contributed by atoms with van der Waals surface area (Å²) in [5.41, 5.74) is 2.32. The van der Waals surface area contributed by atoms with Crippen molar-refractivity contribution in [3.05, 3.63) is 58.7 Å². The molecule has 8 heteroatoms. The maximum absolute atomic E-state index is 14.4. The molecule has 0 bridgehead atoms. The summed E-state index contributed by atoms with van der Waals surface area (Å²) in [4.78, 5) is 26.5. The van der Waals surface area contributed by atoms with Crippen molar-refractivity contribution in [3.8, 4) is 11.1 Å². The number of benzene rings is 2. The van der Waals surface area contributed by atoms with Crippen LogP contribution in [0.4, 0.5) is 8.78 Å². The Morgan fingerprint density at radius 1 is 1.15 bits per heavy atom. The second-order valence-electron chi connectivity index (χ2n) is 8.16. The van der Waals surface area contributed by atoms with Crippen LogP contribution in [-0.2, 0) is 27.4 Å². The van der Waals surface area contributed by atoms with Gasteiger partial charge < -0.3 is 14.2 Å². The molecular weight excluding hydrogens is 450 g/mol. The molecule has 1 fully saturated rings. The van der Waals surface area contributed by atoms with Gasteiger partial charge in [0.1, 0.15) is 18.2 Å². The van der Waals surface area contributed by atoms with Crippen LogP contribution in [0.5, 0.6) is 0 Å². The summed E-state index contributed by atoms with van der Waals surface area (Å²) >= 11 is 6.37. The van der Waals surface area contributed by atoms with Crippen molar-refractivity contribution >= 4 is 34.4 Å². The van der Waals surface area contributed by atoms with Gasteiger partial charge in [-0.3, -0.25) is 9.59 Å². The van der Waals surface area contributed by atoms with Gasteiger partial charge in [-0.15, -0.1) is 0 Å². The predicted molar refractivity (Wildman–Crippen MR) is 123 cm³/mol. The van der Waals surface area contributed by atoms with Gasteiger partial charge in [-0.05, 0) is 62.1 Å². The van der Waals surface area contributed by atoms with Gasteiger partial charge in [0.25, 0.3) is 0 Å². The van der Waals surface area contributed by atoms with Gasteiger partial charge in [-0.25, -0.2) is 8.78 Å². The second kappa shape index (κ2) is 9.51. The number of hydrogen-bond acceptors (Lipinski definition) is 3. The van der Waals surface area contributed by atoms with E-state index in [0.717, 1.165) is 12.8 Å². The molecule has 0 unspecified atom stereocenters. The highest BCUT2D eigenvalue weighted by Gasteiger charge is 2.33. The number of rotatable bonds is 8. The third-order valence-electron chi connectivity index (χ3n) is 5.88. The van der Waals surface area contributed by atoms with E-state index in [9.17, 15) is 18.4 Å². The Kier molecular flexibility index (Phi) is 6.70. The number of ether oxygens (including phenoxy) is 1. The zero-order chi connectivity index (χ0) is 23.7. The molecule has 0 spiro atoms. The smallest absolute Gasteiger partial charge is 0.325 e. The molecule has 0 atom stereocenters. The molecule has 33 heavy (non-hydrogen) atoms. The van der Waals surface area contributed by atoms with Crippen molar-refractivity contribution in [2.75, 3.05) is 13.2 Å². The first-order valence-corrected chi connectivity index (χ1v) is 11.4. The van der Waals surface area contributed by atoms with Gasteiger partial charge in [0, 0.05) is 36.2 Å². The topological polar surface area (TPSA) is 51.5 Å². The summed E-state index contributed by atoms with van der Waals surface area (Å²) in [6.45, 7) is 4.48. The monoisotopic (exact) mass is 474 g/mol. The van der Waals surface area contributed by atoms with Gasteiger partial charge in [-0.1, -0.05) is 17.7 Å². The Balaban J connectivity index is 1.84. The first kappa shape index (κ1) is 23.2. The van der Waals surface area contributed by atoms with Crippen LogP contribution in [0, 0.1) is 17.6 Å². The zero-order valence-electron chi connectivity index (χ0n) is 18.5. The van der Waals surface area contributed by atoms with E-state index < -0.39 is 17.6 Å². The van der Waals surface area contributed by atoms with E-state index in [1.54, 1.807) is 34.7 Å². The number of amides is 1. The molecule has 3 aromatic rings. The number of nitrogens with zero attached hydrogens (tertiary/aromatic N) is 2. The lowest BCUT2D eigenvalue weighted by atomic mass is 9.98. The molecule has 4 rings (SSSR count). The largest absolute Gasteiger partial charge is 0.465 e. The molecule has 1 saturated carbocycles. The SMILES string of the molecule is CCOC(=O)Cn1cc(-c2ccc(F)cc2CN(CC)C(=O)C2CC2)c2c(Cl)c(F)ccc21. The summed E-state index contributed by atoms with van der Waals surface area (Å²) in [5.74, 6) is -1.37. The molecule has 1 aliphatic carbocycles. The van der Waals surface area contributed by atoms with Gasteiger partial charge in [0.15, 0.2) is 0 Å². The van der Waals surface area contributed by atoms with Crippen molar-refractivity contribution < 1.29 is 23.1 Å². The Labute approximate surface area is 195 Å². The summed E-state index contributed by atoms with van der Waals surface area (Å²) < 4.78 is 35.4. The minimum absolute atomic E-state index is 0.0389. The summed E-state index contributed by atoms with van der Waals surface area (Å²) in [6, 6.07) is 7.11. The summed E-state index contributed by atoms with van der Waals surface area (Å²) in [6.07, 6.45) is 3.45. The van der Waals surface area contributed by atoms with Crippen molar-refractivity contribution in [1.29, 1.82) is 0 Å². The number of esters is 1. The maximum Gasteiger partial charge on any atom is 0.325 e. The molecular formula is C25H25ClF2N2O3. The fourth-order valence-corrected chi connectivity index (χ4v) is 4.36. The van der Waals surface area contributed by atoms with E-state index in [-0.39, 0.29) is 36.5 Å². The highest BCUT2D eigenvalue weighted by Crippen LogP contribution is 2.39. The predicted octanol–water partition coefficient (Wildman–Crippen LogP) is 5.56. The van der Waals surface area contributed by atoms with E-state index in [0.29, 0.717) is 34.1 Å². The van der Waals surface area contributed by atoms with E-state index in [2.05, 4.69) is 0 Å². The standard InChI is InChI=1S/C25H25ClF2N2O3/c1-3-29(25(32)15-5-6-15)12-16-11-17(27)7-8-18(16)19-13-30(14-22(31)33-4-2)21-10-9-20(28)24(26)23(19)21/h7-11,13,15H,3-6,12,14H2,1-2H3. The summed E-state index contributed by atoms with van der Waals surface area (Å²) in [7, 11) is 0.